The Morgan fingerprint density at radius 3 is 0.808 bits per heavy atom. The topological polar surface area (TPSA) is 232 Å². The van der Waals surface area contributed by atoms with Crippen molar-refractivity contribution in [1.29, 1.82) is 0 Å². The molecule has 7 rings (SSSR count). The van der Waals surface area contributed by atoms with Gasteiger partial charge in [-0.2, -0.15) is 0 Å². The van der Waals surface area contributed by atoms with Crippen LogP contribution in [0.25, 0.3) is 0 Å². The normalized spacial score (nSPS) is 12.8. The number of esters is 4. The van der Waals surface area contributed by atoms with E-state index in [0.717, 1.165) is 72.9 Å². The number of fused-ring (bicyclic) bond motifs is 8. The molecule has 0 amide bonds. The number of nitrogens with zero attached hydrogens (tertiary/aromatic N) is 2. The lowest BCUT2D eigenvalue weighted by Gasteiger charge is -2.28. The van der Waals surface area contributed by atoms with Crippen LogP contribution < -0.4 is 9.47 Å². The van der Waals surface area contributed by atoms with Crippen LogP contribution in [0.3, 0.4) is 0 Å². The Hall–Kier alpha value is -8.40. The number of nitro benzene ring substituents is 2. The van der Waals surface area contributed by atoms with Crippen LogP contribution in [0.1, 0.15) is 191 Å². The van der Waals surface area contributed by atoms with Crippen molar-refractivity contribution in [3.63, 3.8) is 0 Å². The number of rotatable bonds is 8. The number of non-ortho nitro benzene ring substituents is 2. The fraction of sp³-hybridized carbons (Fsp3) is 0.355. The molecule has 408 valence electrons. The summed E-state index contributed by atoms with van der Waals surface area (Å²) in [7, 11) is 2.23. The van der Waals surface area contributed by atoms with Gasteiger partial charge in [-0.1, -0.05) is 132 Å². The first-order valence-electron chi connectivity index (χ1n) is 25.4. The summed E-state index contributed by atoms with van der Waals surface area (Å²) in [6.07, 6.45) is -0.134. The molecule has 0 atom stereocenters. The average molecular weight is 1060 g/mol. The van der Waals surface area contributed by atoms with Crippen molar-refractivity contribution in [2.75, 3.05) is 14.2 Å². The van der Waals surface area contributed by atoms with E-state index in [9.17, 15) is 49.6 Å². The minimum Gasteiger partial charge on any atom is -0.507 e. The summed E-state index contributed by atoms with van der Waals surface area (Å²) in [5.74, 6) is -3.95. The van der Waals surface area contributed by atoms with Crippen molar-refractivity contribution in [1.82, 2.24) is 0 Å². The van der Waals surface area contributed by atoms with E-state index in [-0.39, 0.29) is 70.9 Å². The lowest BCUT2D eigenvalue weighted by molar-refractivity contribution is -0.385. The molecule has 78 heavy (non-hydrogen) atoms. The van der Waals surface area contributed by atoms with Crippen molar-refractivity contribution in [2.45, 2.75) is 130 Å². The smallest absolute Gasteiger partial charge is 0.343 e. The van der Waals surface area contributed by atoms with Gasteiger partial charge in [-0.25, -0.2) is 19.2 Å². The third kappa shape index (κ3) is 12.4. The highest BCUT2D eigenvalue weighted by Gasteiger charge is 2.31. The maximum absolute atomic E-state index is 14.6. The van der Waals surface area contributed by atoms with Crippen LogP contribution in [0, 0.1) is 20.2 Å². The maximum Gasteiger partial charge on any atom is 0.343 e. The summed E-state index contributed by atoms with van der Waals surface area (Å²) >= 11 is 0. The standard InChI is InChI=1S/C62H66N2O14/c1-59(2,3)45-21-33-15-37-25-47(61(7,8)9)27-39(53(37)77-57(69)43-19-41(55(67)75-13)29-49(31-43)63(71)72)17-35-23-46(60(4,5)6)24-36(52(35)66)18-40-28-48(62(10,11)12)26-38(16-34(22-45)51(33)65)54(40)78-58(70)44-20-42(56(68)76-14)30-50(32-44)64(73)74/h19-32,65-66H,15-18H2,1-14H3. The molecule has 0 fully saturated rings. The molecule has 0 saturated carbocycles. The van der Waals surface area contributed by atoms with E-state index >= 15 is 0 Å². The number of phenolic OH excluding ortho intramolecular Hbond substituents is 2. The Labute approximate surface area is 453 Å². The van der Waals surface area contributed by atoms with E-state index in [2.05, 4.69) is 0 Å². The highest BCUT2D eigenvalue weighted by atomic mass is 16.6. The van der Waals surface area contributed by atoms with Gasteiger partial charge in [0.25, 0.3) is 11.4 Å². The molecule has 16 heteroatoms. The van der Waals surface area contributed by atoms with Gasteiger partial charge in [-0.05, 0) is 78.3 Å². The zero-order valence-electron chi connectivity index (χ0n) is 46.6. The molecule has 0 aromatic heterocycles. The molecule has 0 heterocycles. The first kappa shape index (κ1) is 57.3. The quantitative estimate of drug-likeness (QED) is 0.0624. The third-order valence-electron chi connectivity index (χ3n) is 14.0. The molecule has 0 spiro atoms. The van der Waals surface area contributed by atoms with Gasteiger partial charge in [0.1, 0.15) is 23.0 Å². The van der Waals surface area contributed by atoms with Gasteiger partial charge in [0.2, 0.25) is 0 Å². The summed E-state index contributed by atoms with van der Waals surface area (Å²) < 4.78 is 22.6. The maximum atomic E-state index is 14.6. The van der Waals surface area contributed by atoms with E-state index in [1.165, 1.54) is 0 Å². The number of phenols is 2. The Kier molecular flexibility index (Phi) is 15.6. The van der Waals surface area contributed by atoms with E-state index in [0.29, 0.717) is 44.5 Å². The zero-order chi connectivity index (χ0) is 57.7. The van der Waals surface area contributed by atoms with Crippen molar-refractivity contribution < 1.29 is 58.2 Å². The van der Waals surface area contributed by atoms with E-state index in [1.54, 1.807) is 0 Å². The van der Waals surface area contributed by atoms with Crippen LogP contribution in [-0.4, -0.2) is 58.2 Å². The van der Waals surface area contributed by atoms with Gasteiger partial charge in [0.05, 0.1) is 46.3 Å². The molecule has 6 aromatic carbocycles. The second kappa shape index (κ2) is 21.2. The molecule has 2 N–H and O–H groups in total. The number of aromatic hydroxyl groups is 2. The molecule has 1 aliphatic rings. The Morgan fingerprint density at radius 1 is 0.385 bits per heavy atom. The minimum absolute atomic E-state index is 0.0334. The van der Waals surface area contributed by atoms with E-state index < -0.39 is 66.8 Å². The monoisotopic (exact) mass is 1060 g/mol. The molecule has 6 aromatic rings. The number of carbonyl (C=O) groups is 4. The average Bonchev–Trinajstić information content (AvgIpc) is 3.35. The van der Waals surface area contributed by atoms with Crippen LogP contribution in [0.5, 0.6) is 23.0 Å². The van der Waals surface area contributed by atoms with E-state index in [1.807, 2.05) is 132 Å². The molecular weight excluding hydrogens is 997 g/mol. The number of hydrogen-bond acceptors (Lipinski definition) is 14. The van der Waals surface area contributed by atoms with Gasteiger partial charge in [-0.3, -0.25) is 20.2 Å². The summed E-state index contributed by atoms with van der Waals surface area (Å²) in [6.45, 7) is 24.3. The number of benzene rings is 6. The number of methoxy groups -OCH3 is 2. The molecule has 0 unspecified atom stereocenters. The molecule has 1 aliphatic carbocycles. The predicted molar refractivity (Wildman–Crippen MR) is 294 cm³/mol. The SMILES string of the molecule is COC(=O)c1cc(C(=O)Oc2c3cc(C(C)(C)C)cc2Cc2cc(C(C)(C)C)cc(c2O)Cc2cc(C(C)(C)C)cc(c2OC(=O)c2cc(C(=O)OC)cc([N+](=O)[O-])c2)Cc2cc(C(C)(C)C)cc(c2O)C3)cc([N+](=O)[O-])c1. The Morgan fingerprint density at radius 2 is 0.603 bits per heavy atom. The predicted octanol–water partition coefficient (Wildman–Crippen LogP) is 12.8. The van der Waals surface area contributed by atoms with Crippen LogP contribution in [0.2, 0.25) is 0 Å². The van der Waals surface area contributed by atoms with E-state index in [4.69, 9.17) is 18.9 Å². The van der Waals surface area contributed by atoms with Gasteiger partial charge in [-0.15, -0.1) is 0 Å². The zero-order valence-corrected chi connectivity index (χ0v) is 46.6. The van der Waals surface area contributed by atoms with Crippen LogP contribution in [-0.2, 0) is 56.8 Å². The largest absolute Gasteiger partial charge is 0.507 e. The summed E-state index contributed by atoms with van der Waals surface area (Å²) in [6, 6.07) is 21.4. The van der Waals surface area contributed by atoms with Gasteiger partial charge in [0, 0.05) is 72.2 Å². The second-order valence-corrected chi connectivity index (χ2v) is 24.1. The van der Waals surface area contributed by atoms with Gasteiger partial charge in [0.15, 0.2) is 0 Å². The summed E-state index contributed by atoms with van der Waals surface area (Å²) in [5.41, 5.74) is 2.60. The van der Waals surface area contributed by atoms with Crippen LogP contribution in [0.4, 0.5) is 11.4 Å². The van der Waals surface area contributed by atoms with Crippen molar-refractivity contribution in [2.24, 2.45) is 0 Å². The summed E-state index contributed by atoms with van der Waals surface area (Å²) in [5, 5.41) is 49.7. The first-order chi connectivity index (χ1) is 36.2. The Balaban J connectivity index is 1.58. The fourth-order valence-electron chi connectivity index (χ4n) is 9.35. The Bertz CT molecular complexity index is 3150. The van der Waals surface area contributed by atoms with Gasteiger partial charge < -0.3 is 29.2 Å². The van der Waals surface area contributed by atoms with Crippen LogP contribution in [0.15, 0.2) is 84.9 Å². The first-order valence-corrected chi connectivity index (χ1v) is 25.4. The lowest BCUT2D eigenvalue weighted by Crippen LogP contribution is -2.18. The molecule has 0 saturated heterocycles. The van der Waals surface area contributed by atoms with Crippen molar-refractivity contribution in [3.8, 4) is 23.0 Å². The number of hydrogen-bond donors (Lipinski definition) is 2. The highest BCUT2D eigenvalue weighted by Crippen LogP contribution is 2.44. The molecule has 0 aliphatic heterocycles. The summed E-state index contributed by atoms with van der Waals surface area (Å²) in [4.78, 5) is 77.6. The van der Waals surface area contributed by atoms with Crippen LogP contribution >= 0.6 is 0 Å². The third-order valence-corrected chi connectivity index (χ3v) is 14.0. The van der Waals surface area contributed by atoms with Crippen molar-refractivity contribution >= 4 is 35.3 Å². The molecular formula is C62H66N2O14. The van der Waals surface area contributed by atoms with Gasteiger partial charge >= 0.3 is 23.9 Å². The molecule has 0 radical (unpaired) electrons. The number of ether oxygens (including phenoxy) is 4. The van der Waals surface area contributed by atoms with Crippen molar-refractivity contribution in [3.05, 3.63) is 194 Å². The number of carbonyl (C=O) groups excluding carboxylic acids is 4. The second-order valence-electron chi connectivity index (χ2n) is 24.1. The number of nitro groups is 2. The highest BCUT2D eigenvalue weighted by molar-refractivity contribution is 5.98. The lowest BCUT2D eigenvalue weighted by atomic mass is 9.79. The molecule has 16 nitrogen and oxygen atoms in total. The molecule has 8 bridgehead atoms. The minimum atomic E-state index is -1.02. The fourth-order valence-corrected chi connectivity index (χ4v) is 9.35.